The number of hydrogen-bond acceptors (Lipinski definition) is 3. The number of amides is 2. The second kappa shape index (κ2) is 4.42. The van der Waals surface area contributed by atoms with Crippen LogP contribution in [0.1, 0.15) is 30.0 Å². The Balaban J connectivity index is 1.77. The molecule has 4 nitrogen and oxygen atoms in total. The van der Waals surface area contributed by atoms with Gasteiger partial charge in [0.1, 0.15) is 5.82 Å². The number of aryl methyl sites for hydroxylation is 1. The molecule has 0 spiro atoms. The van der Waals surface area contributed by atoms with Gasteiger partial charge in [0.05, 0.1) is 12.5 Å². The quantitative estimate of drug-likeness (QED) is 0.814. The molecule has 2 aliphatic rings. The summed E-state index contributed by atoms with van der Waals surface area (Å²) in [5.74, 6) is -0.563. The third-order valence-corrected chi connectivity index (χ3v) is 3.97. The zero-order chi connectivity index (χ0) is 13.6. The summed E-state index contributed by atoms with van der Waals surface area (Å²) in [6.07, 6.45) is 1.85. The minimum Gasteiger partial charge on any atom is -0.298 e. The minimum absolute atomic E-state index is 0.0313. The molecule has 2 atom stereocenters. The lowest BCUT2D eigenvalue weighted by Gasteiger charge is -2.18. The average Bonchev–Trinajstić information content (AvgIpc) is 2.87. The Morgan fingerprint density at radius 3 is 2.79 bits per heavy atom. The summed E-state index contributed by atoms with van der Waals surface area (Å²) >= 11 is 0. The third kappa shape index (κ3) is 2.04. The summed E-state index contributed by atoms with van der Waals surface area (Å²) in [5.41, 5.74) is 2.03. The van der Waals surface area contributed by atoms with E-state index in [1.54, 1.807) is 12.1 Å². The molecular formula is C14H15FN2O2. The molecule has 1 aromatic rings. The van der Waals surface area contributed by atoms with E-state index in [1.807, 2.05) is 0 Å². The van der Waals surface area contributed by atoms with Gasteiger partial charge in [0.25, 0.3) is 0 Å². The lowest BCUT2D eigenvalue weighted by molar-refractivity contribution is -0.137. The molecule has 1 aromatic carbocycles. The molecule has 3 rings (SSSR count). The summed E-state index contributed by atoms with van der Waals surface area (Å²) in [4.78, 5) is 24.5. The van der Waals surface area contributed by atoms with Crippen LogP contribution in [0.25, 0.3) is 0 Å². The zero-order valence-electron chi connectivity index (χ0n) is 10.6. The molecule has 0 bridgehead atoms. The van der Waals surface area contributed by atoms with E-state index in [4.69, 9.17) is 0 Å². The van der Waals surface area contributed by atoms with Crippen LogP contribution in [0.5, 0.6) is 0 Å². The van der Waals surface area contributed by atoms with Crippen LogP contribution in [-0.4, -0.2) is 29.8 Å². The maximum Gasteiger partial charge on any atom is 0.246 e. The van der Waals surface area contributed by atoms with Gasteiger partial charge in [-0.2, -0.15) is 0 Å². The first-order valence-electron chi connectivity index (χ1n) is 6.41. The highest BCUT2D eigenvalue weighted by Gasteiger charge is 2.38. The molecular weight excluding hydrogens is 247 g/mol. The van der Waals surface area contributed by atoms with Crippen LogP contribution < -0.4 is 5.32 Å². The molecule has 1 saturated heterocycles. The number of imide groups is 1. The minimum atomic E-state index is -0.446. The molecule has 1 N–H and O–H groups in total. The van der Waals surface area contributed by atoms with Gasteiger partial charge in [-0.3, -0.25) is 19.8 Å². The molecule has 0 aromatic heterocycles. The van der Waals surface area contributed by atoms with Gasteiger partial charge in [-0.15, -0.1) is 0 Å². The Labute approximate surface area is 110 Å². The van der Waals surface area contributed by atoms with Gasteiger partial charge in [-0.05, 0) is 36.1 Å². The fraction of sp³-hybridized carbons (Fsp3) is 0.429. The molecule has 100 valence electrons. The number of nitrogens with one attached hydrogen (secondary N) is 1. The Kier molecular flexibility index (Phi) is 2.86. The predicted molar refractivity (Wildman–Crippen MR) is 66.8 cm³/mol. The Morgan fingerprint density at radius 1 is 1.32 bits per heavy atom. The molecule has 5 heteroatoms. The number of carbonyl (C=O) groups is 2. The van der Waals surface area contributed by atoms with Crippen molar-refractivity contribution >= 4 is 11.8 Å². The van der Waals surface area contributed by atoms with E-state index in [0.29, 0.717) is 0 Å². The number of nitrogens with zero attached hydrogens (tertiary/aromatic N) is 1. The standard InChI is InChI=1S/C14H15FN2O2/c1-17-13(18)7-12(14(17)19)16-11-5-2-8-6-9(15)3-4-10(8)11/h3-4,6,11-12,16H,2,5,7H2,1H3. The summed E-state index contributed by atoms with van der Waals surface area (Å²) < 4.78 is 13.1. The normalized spacial score (nSPS) is 26.1. The van der Waals surface area contributed by atoms with E-state index in [2.05, 4.69) is 5.32 Å². The first kappa shape index (κ1) is 12.3. The lowest BCUT2D eigenvalue weighted by Crippen LogP contribution is -2.38. The first-order chi connectivity index (χ1) is 9.06. The molecule has 19 heavy (non-hydrogen) atoms. The largest absolute Gasteiger partial charge is 0.298 e. The maximum atomic E-state index is 13.1. The van der Waals surface area contributed by atoms with Crippen molar-refractivity contribution in [1.29, 1.82) is 0 Å². The van der Waals surface area contributed by atoms with Crippen molar-refractivity contribution in [2.45, 2.75) is 31.3 Å². The second-order valence-electron chi connectivity index (χ2n) is 5.15. The number of hydrogen-bond donors (Lipinski definition) is 1. The number of halogens is 1. The molecule has 1 aliphatic heterocycles. The third-order valence-electron chi connectivity index (χ3n) is 3.97. The monoisotopic (exact) mass is 262 g/mol. The average molecular weight is 262 g/mol. The van der Waals surface area contributed by atoms with Crippen molar-refractivity contribution in [3.05, 3.63) is 35.1 Å². The number of benzene rings is 1. The fourth-order valence-corrected chi connectivity index (χ4v) is 2.89. The molecule has 1 aliphatic carbocycles. The number of rotatable bonds is 2. The molecule has 0 saturated carbocycles. The smallest absolute Gasteiger partial charge is 0.246 e. The van der Waals surface area contributed by atoms with E-state index >= 15 is 0 Å². The molecule has 1 fully saturated rings. The van der Waals surface area contributed by atoms with Crippen molar-refractivity contribution in [3.63, 3.8) is 0 Å². The Bertz CT molecular complexity index is 558. The number of carbonyl (C=O) groups excluding carboxylic acids is 2. The summed E-state index contributed by atoms with van der Waals surface area (Å²) in [6, 6.07) is 4.33. The first-order valence-corrected chi connectivity index (χ1v) is 6.41. The van der Waals surface area contributed by atoms with Gasteiger partial charge < -0.3 is 0 Å². The van der Waals surface area contributed by atoms with Crippen molar-refractivity contribution < 1.29 is 14.0 Å². The van der Waals surface area contributed by atoms with Crippen molar-refractivity contribution in [1.82, 2.24) is 10.2 Å². The zero-order valence-corrected chi connectivity index (χ0v) is 10.6. The van der Waals surface area contributed by atoms with Crippen LogP contribution in [0.15, 0.2) is 18.2 Å². The highest BCUT2D eigenvalue weighted by molar-refractivity contribution is 6.05. The second-order valence-corrected chi connectivity index (χ2v) is 5.15. The van der Waals surface area contributed by atoms with Gasteiger partial charge in [0.2, 0.25) is 11.8 Å². The van der Waals surface area contributed by atoms with E-state index in [-0.39, 0.29) is 30.1 Å². The van der Waals surface area contributed by atoms with Crippen LogP contribution in [-0.2, 0) is 16.0 Å². The topological polar surface area (TPSA) is 49.4 Å². The van der Waals surface area contributed by atoms with Gasteiger partial charge in [-0.1, -0.05) is 6.07 Å². The van der Waals surface area contributed by atoms with E-state index in [0.717, 1.165) is 28.9 Å². The van der Waals surface area contributed by atoms with Crippen LogP contribution in [0, 0.1) is 5.82 Å². The Hall–Kier alpha value is -1.75. The van der Waals surface area contributed by atoms with Gasteiger partial charge >= 0.3 is 0 Å². The maximum absolute atomic E-state index is 13.1. The summed E-state index contributed by atoms with van der Waals surface area (Å²) in [7, 11) is 1.50. The SMILES string of the molecule is CN1C(=O)CC(NC2CCc3cc(F)ccc32)C1=O. The van der Waals surface area contributed by atoms with Gasteiger partial charge in [0, 0.05) is 13.1 Å². The molecule has 2 amide bonds. The number of likely N-dealkylation sites (N-methyl/N-ethyl adjacent to an activating group) is 1. The fourth-order valence-electron chi connectivity index (χ4n) is 2.89. The van der Waals surface area contributed by atoms with E-state index < -0.39 is 6.04 Å². The number of fused-ring (bicyclic) bond motifs is 1. The lowest BCUT2D eigenvalue weighted by atomic mass is 10.1. The van der Waals surface area contributed by atoms with Gasteiger partial charge in [0.15, 0.2) is 0 Å². The van der Waals surface area contributed by atoms with Crippen LogP contribution in [0.3, 0.4) is 0 Å². The summed E-state index contributed by atoms with van der Waals surface area (Å²) in [6.45, 7) is 0. The van der Waals surface area contributed by atoms with Gasteiger partial charge in [-0.25, -0.2) is 4.39 Å². The van der Waals surface area contributed by atoms with Crippen LogP contribution in [0.4, 0.5) is 4.39 Å². The van der Waals surface area contributed by atoms with Crippen LogP contribution in [0.2, 0.25) is 0 Å². The summed E-state index contributed by atoms with van der Waals surface area (Å²) in [5, 5.41) is 3.23. The van der Waals surface area contributed by atoms with Crippen molar-refractivity contribution in [3.8, 4) is 0 Å². The van der Waals surface area contributed by atoms with E-state index in [1.165, 1.54) is 13.1 Å². The van der Waals surface area contributed by atoms with Crippen molar-refractivity contribution in [2.75, 3.05) is 7.05 Å². The predicted octanol–water partition coefficient (Wildman–Crippen LogP) is 1.16. The van der Waals surface area contributed by atoms with E-state index in [9.17, 15) is 14.0 Å². The molecule has 0 radical (unpaired) electrons. The number of likely N-dealkylation sites (tertiary alicyclic amines) is 1. The Morgan fingerprint density at radius 2 is 2.11 bits per heavy atom. The van der Waals surface area contributed by atoms with Crippen LogP contribution >= 0.6 is 0 Å². The highest BCUT2D eigenvalue weighted by atomic mass is 19.1. The van der Waals surface area contributed by atoms with Crippen molar-refractivity contribution in [2.24, 2.45) is 0 Å². The molecule has 2 unspecified atom stereocenters. The molecule has 1 heterocycles. The highest BCUT2D eigenvalue weighted by Crippen LogP contribution is 2.32.